The Morgan fingerprint density at radius 1 is 1.33 bits per heavy atom. The van der Waals surface area contributed by atoms with Crippen molar-refractivity contribution in [3.63, 3.8) is 0 Å². The van der Waals surface area contributed by atoms with Crippen LogP contribution in [0.3, 0.4) is 0 Å². The van der Waals surface area contributed by atoms with E-state index in [-0.39, 0.29) is 18.5 Å². The average Bonchev–Trinajstić information content (AvgIpc) is 2.59. The molecule has 2 rings (SSSR count). The van der Waals surface area contributed by atoms with Gasteiger partial charge in [0.25, 0.3) is 0 Å². The summed E-state index contributed by atoms with van der Waals surface area (Å²) < 4.78 is 0. The van der Waals surface area contributed by atoms with Gasteiger partial charge in [0.2, 0.25) is 0 Å². The van der Waals surface area contributed by atoms with Crippen LogP contribution in [-0.2, 0) is 6.54 Å². The molecule has 24 heavy (non-hydrogen) atoms. The molecule has 0 unspecified atom stereocenters. The lowest BCUT2D eigenvalue weighted by Crippen LogP contribution is -2.49. The molecule has 0 bridgehead atoms. The van der Waals surface area contributed by atoms with Crippen molar-refractivity contribution in [1.29, 1.82) is 0 Å². The Kier molecular flexibility index (Phi) is 6.43. The highest BCUT2D eigenvalue weighted by atomic mass is 16.3. The number of carbonyl (C=O) groups is 1. The van der Waals surface area contributed by atoms with E-state index in [4.69, 9.17) is 0 Å². The van der Waals surface area contributed by atoms with E-state index >= 15 is 0 Å². The molecule has 2 amide bonds. The molecule has 1 fully saturated rings. The summed E-state index contributed by atoms with van der Waals surface area (Å²) in [7, 11) is 3.85. The molecule has 1 atom stereocenters. The summed E-state index contributed by atoms with van der Waals surface area (Å²) in [4.78, 5) is 18.3. The molecule has 1 aromatic heterocycles. The number of hydrogen-bond donors (Lipinski definition) is 3. The van der Waals surface area contributed by atoms with Gasteiger partial charge in [-0.15, -0.1) is 0 Å². The number of aliphatic hydroxyl groups is 1. The summed E-state index contributed by atoms with van der Waals surface area (Å²) in [5.41, 5.74) is 0.109. The monoisotopic (exact) mass is 334 g/mol. The van der Waals surface area contributed by atoms with Crippen molar-refractivity contribution in [1.82, 2.24) is 15.6 Å². The molecule has 6 nitrogen and oxygen atoms in total. The highest BCUT2D eigenvalue weighted by Crippen LogP contribution is 2.32. The molecule has 0 spiro atoms. The van der Waals surface area contributed by atoms with Crippen LogP contribution >= 0.6 is 0 Å². The second-order valence-electron chi connectivity index (χ2n) is 7.11. The number of nitrogens with one attached hydrogen (secondary N) is 2. The van der Waals surface area contributed by atoms with Crippen LogP contribution in [-0.4, -0.2) is 42.4 Å². The fraction of sp³-hybridized carbons (Fsp3) is 0.667. The van der Waals surface area contributed by atoms with Crippen molar-refractivity contribution in [3.05, 3.63) is 23.9 Å². The van der Waals surface area contributed by atoms with Crippen molar-refractivity contribution < 1.29 is 9.90 Å². The Morgan fingerprint density at radius 2 is 2.04 bits per heavy atom. The molecule has 1 aliphatic rings. The molecule has 134 valence electrons. The highest BCUT2D eigenvalue weighted by Gasteiger charge is 2.32. The lowest BCUT2D eigenvalue weighted by atomic mass is 9.78. The molecular weight excluding hydrogens is 304 g/mol. The van der Waals surface area contributed by atoms with E-state index in [1.165, 1.54) is 19.3 Å². The Morgan fingerprint density at radius 3 is 2.71 bits per heavy atom. The first kappa shape index (κ1) is 18.5. The zero-order chi connectivity index (χ0) is 17.6. The van der Waals surface area contributed by atoms with E-state index in [0.717, 1.165) is 24.2 Å². The molecule has 1 heterocycles. The van der Waals surface area contributed by atoms with Crippen LogP contribution in [0, 0.1) is 5.92 Å². The lowest BCUT2D eigenvalue weighted by Gasteiger charge is -2.35. The number of rotatable bonds is 6. The first-order valence-corrected chi connectivity index (χ1v) is 8.75. The Bertz CT molecular complexity index is 540. The molecule has 0 aliphatic heterocycles. The third-order valence-corrected chi connectivity index (χ3v) is 4.82. The average molecular weight is 334 g/mol. The van der Waals surface area contributed by atoms with Gasteiger partial charge in [0, 0.05) is 38.9 Å². The summed E-state index contributed by atoms with van der Waals surface area (Å²) in [6.07, 6.45) is 7.40. The molecular formula is C18H30N4O2. The Balaban J connectivity index is 1.81. The number of nitrogens with zero attached hydrogens (tertiary/aromatic N) is 2. The summed E-state index contributed by atoms with van der Waals surface area (Å²) in [6.45, 7) is 2.50. The standard InChI is InChI=1S/C18H30N4O2/c1-18(24,15-9-5-4-6-10-15)13-21-17(23)20-12-14-8-7-11-19-16(14)22(2)3/h7-8,11,15,24H,4-6,9-10,12-13H2,1-3H3,(H2,20,21,23)/t18-/m1/s1. The SMILES string of the molecule is CN(C)c1ncccc1CNC(=O)NC[C@@](C)(O)C1CCCCC1. The van der Waals surface area contributed by atoms with E-state index in [1.807, 2.05) is 38.1 Å². The Labute approximate surface area is 144 Å². The van der Waals surface area contributed by atoms with Gasteiger partial charge in [-0.3, -0.25) is 0 Å². The quantitative estimate of drug-likeness (QED) is 0.746. The number of urea groups is 1. The predicted molar refractivity (Wildman–Crippen MR) is 96.0 cm³/mol. The van der Waals surface area contributed by atoms with Crippen LogP contribution < -0.4 is 15.5 Å². The smallest absolute Gasteiger partial charge is 0.315 e. The van der Waals surface area contributed by atoms with Gasteiger partial charge in [-0.1, -0.05) is 25.3 Å². The van der Waals surface area contributed by atoms with Crippen LogP contribution in [0.5, 0.6) is 0 Å². The maximum absolute atomic E-state index is 12.1. The molecule has 1 aromatic rings. The minimum atomic E-state index is -0.846. The van der Waals surface area contributed by atoms with Gasteiger partial charge in [-0.05, 0) is 31.7 Å². The fourth-order valence-electron chi connectivity index (χ4n) is 3.34. The molecule has 0 aromatic carbocycles. The van der Waals surface area contributed by atoms with Crippen LogP contribution in [0.1, 0.15) is 44.6 Å². The third-order valence-electron chi connectivity index (χ3n) is 4.82. The number of aromatic nitrogens is 1. The summed E-state index contributed by atoms with van der Waals surface area (Å²) in [6, 6.07) is 3.54. The Hall–Kier alpha value is -1.82. The highest BCUT2D eigenvalue weighted by molar-refractivity contribution is 5.74. The second kappa shape index (κ2) is 8.33. The van der Waals surface area contributed by atoms with Crippen molar-refractivity contribution in [3.8, 4) is 0 Å². The van der Waals surface area contributed by atoms with Crippen molar-refractivity contribution in [2.75, 3.05) is 25.5 Å². The van der Waals surface area contributed by atoms with E-state index < -0.39 is 5.60 Å². The zero-order valence-electron chi connectivity index (χ0n) is 15.0. The topological polar surface area (TPSA) is 77.5 Å². The van der Waals surface area contributed by atoms with Gasteiger partial charge in [0.1, 0.15) is 5.82 Å². The number of pyridine rings is 1. The van der Waals surface area contributed by atoms with E-state index in [2.05, 4.69) is 15.6 Å². The minimum Gasteiger partial charge on any atom is -0.388 e. The summed E-state index contributed by atoms with van der Waals surface area (Å²) >= 11 is 0. The normalized spacial score (nSPS) is 17.8. The van der Waals surface area contributed by atoms with Crippen molar-refractivity contribution >= 4 is 11.8 Å². The maximum atomic E-state index is 12.1. The summed E-state index contributed by atoms with van der Waals surface area (Å²) in [5.74, 6) is 1.11. The van der Waals surface area contributed by atoms with Gasteiger partial charge < -0.3 is 20.6 Å². The predicted octanol–water partition coefficient (Wildman–Crippen LogP) is 2.28. The van der Waals surface area contributed by atoms with Crippen LogP contribution in [0.25, 0.3) is 0 Å². The van der Waals surface area contributed by atoms with Gasteiger partial charge in [0.05, 0.1) is 5.60 Å². The number of hydrogen-bond acceptors (Lipinski definition) is 4. The molecule has 0 saturated heterocycles. The zero-order valence-corrected chi connectivity index (χ0v) is 15.0. The van der Waals surface area contributed by atoms with Crippen molar-refractivity contribution in [2.24, 2.45) is 5.92 Å². The first-order valence-electron chi connectivity index (χ1n) is 8.75. The fourth-order valence-corrected chi connectivity index (χ4v) is 3.34. The number of anilines is 1. The number of amides is 2. The van der Waals surface area contributed by atoms with Crippen LogP contribution in [0.4, 0.5) is 10.6 Å². The summed E-state index contributed by atoms with van der Waals surface area (Å²) in [5, 5.41) is 16.3. The second-order valence-corrected chi connectivity index (χ2v) is 7.11. The van der Waals surface area contributed by atoms with Crippen LogP contribution in [0.2, 0.25) is 0 Å². The molecule has 3 N–H and O–H groups in total. The van der Waals surface area contributed by atoms with Gasteiger partial charge in [0.15, 0.2) is 0 Å². The minimum absolute atomic E-state index is 0.264. The number of carbonyl (C=O) groups excluding carboxylic acids is 1. The maximum Gasteiger partial charge on any atom is 0.315 e. The van der Waals surface area contributed by atoms with Gasteiger partial charge in [-0.25, -0.2) is 9.78 Å². The van der Waals surface area contributed by atoms with Gasteiger partial charge in [-0.2, -0.15) is 0 Å². The molecule has 6 heteroatoms. The first-order chi connectivity index (χ1) is 11.4. The van der Waals surface area contributed by atoms with E-state index in [0.29, 0.717) is 6.54 Å². The largest absolute Gasteiger partial charge is 0.388 e. The van der Waals surface area contributed by atoms with E-state index in [1.54, 1.807) is 6.20 Å². The molecule has 1 aliphatic carbocycles. The molecule has 1 saturated carbocycles. The van der Waals surface area contributed by atoms with E-state index in [9.17, 15) is 9.90 Å². The third kappa shape index (κ3) is 5.09. The van der Waals surface area contributed by atoms with Crippen molar-refractivity contribution in [2.45, 2.75) is 51.2 Å². The molecule has 0 radical (unpaired) electrons. The lowest BCUT2D eigenvalue weighted by molar-refractivity contribution is -0.0130. The van der Waals surface area contributed by atoms with Crippen LogP contribution in [0.15, 0.2) is 18.3 Å². The van der Waals surface area contributed by atoms with Gasteiger partial charge >= 0.3 is 6.03 Å².